The van der Waals surface area contributed by atoms with Gasteiger partial charge in [-0.25, -0.2) is 0 Å². The molecule has 1 atom stereocenters. The van der Waals surface area contributed by atoms with Crippen LogP contribution in [0.5, 0.6) is 0 Å². The molecule has 2 aromatic rings. The first-order chi connectivity index (χ1) is 11.6. The molecule has 0 saturated heterocycles. The van der Waals surface area contributed by atoms with Crippen molar-refractivity contribution in [2.24, 2.45) is 0 Å². The average Bonchev–Trinajstić information content (AvgIpc) is 2.93. The molecule has 0 amide bonds. The van der Waals surface area contributed by atoms with Crippen molar-refractivity contribution in [1.29, 1.82) is 0 Å². The summed E-state index contributed by atoms with van der Waals surface area (Å²) in [7, 11) is 0.0982. The summed E-state index contributed by atoms with van der Waals surface area (Å²) in [6, 6.07) is 18.8. The monoisotopic (exact) mass is 349 g/mol. The Balaban J connectivity index is 2.27. The molecule has 0 N–H and O–H groups in total. The SMILES string of the molecule is COP1(OC)(OC)O[N+]([O-])=C(c2ccccc2)C1c1ccccc1. The van der Waals surface area contributed by atoms with Crippen molar-refractivity contribution in [3.8, 4) is 0 Å². The van der Waals surface area contributed by atoms with Crippen molar-refractivity contribution >= 4 is 13.2 Å². The van der Waals surface area contributed by atoms with Gasteiger partial charge in [0.05, 0.1) is 0 Å². The minimum absolute atomic E-state index is 0.394. The molecule has 128 valence electrons. The second-order valence-electron chi connectivity index (χ2n) is 5.32. The molecule has 0 fully saturated rings. The van der Waals surface area contributed by atoms with E-state index in [9.17, 15) is 5.21 Å². The van der Waals surface area contributed by atoms with E-state index in [2.05, 4.69) is 0 Å². The molecule has 0 aliphatic carbocycles. The first-order valence-corrected chi connectivity index (χ1v) is 9.43. The van der Waals surface area contributed by atoms with Gasteiger partial charge in [0.1, 0.15) is 0 Å². The Bertz CT molecular complexity index is 735. The fraction of sp³-hybridized carbons (Fsp3) is 0.235. The fourth-order valence-electron chi connectivity index (χ4n) is 3.07. The summed E-state index contributed by atoms with van der Waals surface area (Å²) in [4.78, 5) is 0.460. The summed E-state index contributed by atoms with van der Waals surface area (Å²) < 4.78 is 22.6. The van der Waals surface area contributed by atoms with Crippen LogP contribution in [0.1, 0.15) is 16.8 Å². The van der Waals surface area contributed by atoms with Gasteiger partial charge in [0.2, 0.25) is 0 Å². The van der Waals surface area contributed by atoms with Gasteiger partial charge in [0.25, 0.3) is 0 Å². The van der Waals surface area contributed by atoms with Crippen LogP contribution in [0.15, 0.2) is 60.7 Å². The third kappa shape index (κ3) is 2.31. The Morgan fingerprint density at radius 3 is 1.88 bits per heavy atom. The Morgan fingerprint density at radius 1 is 0.875 bits per heavy atom. The zero-order valence-electron chi connectivity index (χ0n) is 13.8. The average molecular weight is 349 g/mol. The normalized spacial score (nSPS) is 23.3. The Hall–Kier alpha value is -1.98. The summed E-state index contributed by atoms with van der Waals surface area (Å²) in [6.45, 7) is 0. The van der Waals surface area contributed by atoms with E-state index in [0.717, 1.165) is 11.1 Å². The van der Waals surface area contributed by atoms with Gasteiger partial charge in [-0.05, 0) is 0 Å². The number of rotatable bonds is 5. The van der Waals surface area contributed by atoms with Gasteiger partial charge in [-0.1, -0.05) is 0 Å². The Morgan fingerprint density at radius 2 is 1.38 bits per heavy atom. The van der Waals surface area contributed by atoms with Crippen LogP contribution in [0.4, 0.5) is 0 Å². The second-order valence-corrected chi connectivity index (χ2v) is 8.83. The molecule has 0 spiro atoms. The summed E-state index contributed by atoms with van der Waals surface area (Å²) in [5, 5.41) is 12.7. The van der Waals surface area contributed by atoms with Crippen LogP contribution in [-0.2, 0) is 18.2 Å². The molecular weight excluding hydrogens is 329 g/mol. The molecule has 24 heavy (non-hydrogen) atoms. The molecule has 1 unspecified atom stereocenters. The van der Waals surface area contributed by atoms with E-state index >= 15 is 0 Å². The van der Waals surface area contributed by atoms with Crippen LogP contribution in [-0.4, -0.2) is 31.9 Å². The van der Waals surface area contributed by atoms with Gasteiger partial charge < -0.3 is 0 Å². The van der Waals surface area contributed by atoms with E-state index in [1.807, 2.05) is 60.7 Å². The van der Waals surface area contributed by atoms with E-state index in [0.29, 0.717) is 10.6 Å². The van der Waals surface area contributed by atoms with Crippen LogP contribution < -0.4 is 0 Å². The van der Waals surface area contributed by atoms with E-state index in [4.69, 9.17) is 18.2 Å². The van der Waals surface area contributed by atoms with Crippen LogP contribution in [0, 0.1) is 5.21 Å². The first kappa shape index (κ1) is 16.9. The van der Waals surface area contributed by atoms with Gasteiger partial charge in [0, 0.05) is 0 Å². The molecule has 0 radical (unpaired) electrons. The van der Waals surface area contributed by atoms with Crippen LogP contribution in [0.2, 0.25) is 0 Å². The van der Waals surface area contributed by atoms with Crippen molar-refractivity contribution in [3.63, 3.8) is 0 Å². The minimum atomic E-state index is -4.20. The molecule has 1 heterocycles. The molecule has 6 nitrogen and oxygen atoms in total. The molecule has 3 rings (SSSR count). The van der Waals surface area contributed by atoms with Gasteiger partial charge in [-0.3, -0.25) is 0 Å². The number of benzene rings is 2. The van der Waals surface area contributed by atoms with Crippen molar-refractivity contribution in [2.75, 3.05) is 21.3 Å². The Kier molecular flexibility index (Phi) is 4.32. The number of hydrogen-bond acceptors (Lipinski definition) is 5. The molecule has 2 aromatic carbocycles. The maximum atomic E-state index is 12.7. The van der Waals surface area contributed by atoms with Crippen LogP contribution in [0.3, 0.4) is 0 Å². The predicted molar refractivity (Wildman–Crippen MR) is 92.4 cm³/mol. The molecule has 1 aliphatic rings. The summed E-state index contributed by atoms with van der Waals surface area (Å²) >= 11 is 0. The van der Waals surface area contributed by atoms with E-state index in [1.165, 1.54) is 21.3 Å². The third-order valence-electron chi connectivity index (χ3n) is 4.27. The standard InChI is InChI=1S/C17H20NO5P/c1-20-24(21-2,22-3)17(15-12-8-5-9-13-15)16(18(19)23-24)14-10-6-4-7-11-14/h4-13,17H,1-3H3. The zero-order valence-corrected chi connectivity index (χ0v) is 14.7. The third-order valence-corrected chi connectivity index (χ3v) is 8.07. The van der Waals surface area contributed by atoms with E-state index in [-0.39, 0.29) is 0 Å². The number of hydrogen-bond donors (Lipinski definition) is 0. The molecule has 0 bridgehead atoms. The second kappa shape index (κ2) is 6.15. The van der Waals surface area contributed by atoms with E-state index in [1.54, 1.807) is 0 Å². The van der Waals surface area contributed by atoms with Gasteiger partial charge >= 0.3 is 140 Å². The molecule has 0 saturated carbocycles. The van der Waals surface area contributed by atoms with Crippen molar-refractivity contribution in [2.45, 2.75) is 5.66 Å². The van der Waals surface area contributed by atoms with Crippen molar-refractivity contribution in [3.05, 3.63) is 77.0 Å². The van der Waals surface area contributed by atoms with Crippen molar-refractivity contribution < 1.29 is 23.1 Å². The van der Waals surface area contributed by atoms with E-state index < -0.39 is 13.2 Å². The summed E-state index contributed by atoms with van der Waals surface area (Å²) in [5.74, 6) is 0. The Labute approximate surface area is 141 Å². The van der Waals surface area contributed by atoms with Crippen molar-refractivity contribution in [1.82, 2.24) is 0 Å². The van der Waals surface area contributed by atoms with Crippen LogP contribution >= 0.6 is 7.51 Å². The molecular formula is C17H20NO5P. The zero-order chi connectivity index (χ0) is 17.2. The molecule has 0 aromatic heterocycles. The maximum absolute atomic E-state index is 12.7. The summed E-state index contributed by atoms with van der Waals surface area (Å²) in [5.41, 5.74) is 1.30. The fourth-order valence-corrected chi connectivity index (χ4v) is 6.10. The molecule has 7 heteroatoms. The number of nitrogens with zero attached hydrogens (tertiary/aromatic N) is 1. The summed E-state index contributed by atoms with van der Waals surface area (Å²) in [6.07, 6.45) is 0. The topological polar surface area (TPSA) is 63.0 Å². The first-order valence-electron chi connectivity index (χ1n) is 7.45. The quantitative estimate of drug-likeness (QED) is 0.606. The van der Waals surface area contributed by atoms with Crippen LogP contribution in [0.25, 0.3) is 0 Å². The molecule has 1 aliphatic heterocycles. The van der Waals surface area contributed by atoms with Gasteiger partial charge in [0.15, 0.2) is 0 Å². The van der Waals surface area contributed by atoms with Gasteiger partial charge in [-0.15, -0.1) is 0 Å². The van der Waals surface area contributed by atoms with Gasteiger partial charge in [-0.2, -0.15) is 0 Å². The predicted octanol–water partition coefficient (Wildman–Crippen LogP) is 3.83.